The summed E-state index contributed by atoms with van der Waals surface area (Å²) in [5, 5.41) is 0. The lowest BCUT2D eigenvalue weighted by Gasteiger charge is -2.32. The van der Waals surface area contributed by atoms with Crippen LogP contribution >= 0.6 is 0 Å². The van der Waals surface area contributed by atoms with E-state index < -0.39 is 0 Å². The summed E-state index contributed by atoms with van der Waals surface area (Å²) in [6.45, 7) is 11.9. The van der Waals surface area contributed by atoms with E-state index in [2.05, 4.69) is 56.9 Å². The van der Waals surface area contributed by atoms with Crippen molar-refractivity contribution < 1.29 is 0 Å². The third kappa shape index (κ3) is 3.77. The van der Waals surface area contributed by atoms with Crippen LogP contribution in [0.5, 0.6) is 0 Å². The molecule has 0 spiro atoms. The van der Waals surface area contributed by atoms with Gasteiger partial charge in [0, 0.05) is 18.8 Å². The van der Waals surface area contributed by atoms with E-state index in [0.29, 0.717) is 5.92 Å². The van der Waals surface area contributed by atoms with E-state index in [-0.39, 0.29) is 0 Å². The monoisotopic (exact) mass is 273 g/mol. The van der Waals surface area contributed by atoms with E-state index in [1.54, 1.807) is 0 Å². The van der Waals surface area contributed by atoms with Gasteiger partial charge in [-0.15, -0.1) is 0 Å². The Bertz CT molecular complexity index is 395. The number of nitrogens with zero attached hydrogens (tertiary/aromatic N) is 1. The third-order valence-corrected chi connectivity index (χ3v) is 5.35. The molecule has 0 bridgehead atoms. The van der Waals surface area contributed by atoms with Gasteiger partial charge in [-0.05, 0) is 61.1 Å². The van der Waals surface area contributed by atoms with Crippen molar-refractivity contribution in [3.8, 4) is 0 Å². The van der Waals surface area contributed by atoms with Gasteiger partial charge < -0.3 is 4.90 Å². The van der Waals surface area contributed by atoms with Crippen LogP contribution in [0.3, 0.4) is 0 Å². The van der Waals surface area contributed by atoms with E-state index in [0.717, 1.165) is 11.8 Å². The molecule has 1 heterocycles. The maximum Gasteiger partial charge on any atom is 0.0366 e. The van der Waals surface area contributed by atoms with Crippen molar-refractivity contribution in [2.45, 2.75) is 59.3 Å². The third-order valence-electron chi connectivity index (χ3n) is 5.35. The molecule has 0 N–H and O–H groups in total. The van der Waals surface area contributed by atoms with Gasteiger partial charge in [0.2, 0.25) is 0 Å². The summed E-state index contributed by atoms with van der Waals surface area (Å²) in [5.41, 5.74) is 2.89. The van der Waals surface area contributed by atoms with Crippen molar-refractivity contribution in [3.05, 3.63) is 29.8 Å². The van der Waals surface area contributed by atoms with E-state index in [4.69, 9.17) is 0 Å². The van der Waals surface area contributed by atoms with Gasteiger partial charge in [-0.3, -0.25) is 0 Å². The second-order valence-corrected chi connectivity index (χ2v) is 6.77. The normalized spacial score (nSPS) is 25.9. The topological polar surface area (TPSA) is 3.24 Å². The Morgan fingerprint density at radius 2 is 1.70 bits per heavy atom. The summed E-state index contributed by atoms with van der Waals surface area (Å²) in [7, 11) is 0. The molecular formula is C19H31N. The molecule has 1 aliphatic rings. The van der Waals surface area contributed by atoms with Crippen molar-refractivity contribution in [2.24, 2.45) is 11.8 Å². The van der Waals surface area contributed by atoms with Crippen molar-refractivity contribution in [2.75, 3.05) is 18.0 Å². The van der Waals surface area contributed by atoms with Crippen LogP contribution in [0.25, 0.3) is 0 Å². The Morgan fingerprint density at radius 1 is 1.05 bits per heavy atom. The first-order valence-corrected chi connectivity index (χ1v) is 8.46. The molecule has 0 saturated carbocycles. The highest BCUT2D eigenvalue weighted by atomic mass is 15.1. The predicted molar refractivity (Wildman–Crippen MR) is 89.5 cm³/mol. The van der Waals surface area contributed by atoms with Crippen molar-refractivity contribution >= 4 is 5.69 Å². The molecule has 0 aromatic heterocycles. The molecule has 2 rings (SSSR count). The fourth-order valence-electron chi connectivity index (χ4n) is 3.15. The van der Waals surface area contributed by atoms with E-state index in [1.165, 1.54) is 50.0 Å². The molecule has 3 atom stereocenters. The minimum Gasteiger partial charge on any atom is -0.372 e. The van der Waals surface area contributed by atoms with Crippen molar-refractivity contribution in [1.82, 2.24) is 0 Å². The molecule has 0 aliphatic carbocycles. The number of hydrogen-bond donors (Lipinski definition) is 0. The Labute approximate surface area is 125 Å². The Balaban J connectivity index is 2.03. The smallest absolute Gasteiger partial charge is 0.0366 e. The van der Waals surface area contributed by atoms with Crippen LogP contribution in [0.2, 0.25) is 0 Å². The summed E-state index contributed by atoms with van der Waals surface area (Å²) in [5.74, 6) is 2.43. The zero-order chi connectivity index (χ0) is 14.5. The number of hydrogen-bond acceptors (Lipinski definition) is 1. The molecule has 1 heteroatoms. The molecular weight excluding hydrogens is 242 g/mol. The Kier molecular flexibility index (Phi) is 5.51. The number of anilines is 1. The van der Waals surface area contributed by atoms with E-state index in [1.807, 2.05) is 0 Å². The zero-order valence-corrected chi connectivity index (χ0v) is 13.7. The van der Waals surface area contributed by atoms with Gasteiger partial charge in [0.25, 0.3) is 0 Å². The Morgan fingerprint density at radius 3 is 2.35 bits per heavy atom. The highest BCUT2D eigenvalue weighted by Gasteiger charge is 2.18. The summed E-state index contributed by atoms with van der Waals surface area (Å²) in [6, 6.07) is 9.32. The molecule has 3 unspecified atom stereocenters. The largest absolute Gasteiger partial charge is 0.372 e. The standard InChI is InChI=1S/C19H31N/c1-5-15(2)18-8-10-19(11-9-18)20-13-6-7-16(3)17(4)12-14-20/h8-11,15-17H,5-7,12-14H2,1-4H3. The van der Waals surface area contributed by atoms with Gasteiger partial charge in [-0.2, -0.15) is 0 Å². The lowest BCUT2D eigenvalue weighted by Crippen LogP contribution is -2.30. The second kappa shape index (κ2) is 7.15. The van der Waals surface area contributed by atoms with Gasteiger partial charge in [-0.1, -0.05) is 39.8 Å². The summed E-state index contributed by atoms with van der Waals surface area (Å²) >= 11 is 0. The van der Waals surface area contributed by atoms with Crippen LogP contribution in [0.15, 0.2) is 24.3 Å². The maximum absolute atomic E-state index is 2.59. The fraction of sp³-hybridized carbons (Fsp3) is 0.684. The molecule has 1 fully saturated rings. The SMILES string of the molecule is CCC(C)c1ccc(N2CCCC(C)C(C)CC2)cc1. The molecule has 0 radical (unpaired) electrons. The van der Waals surface area contributed by atoms with Crippen molar-refractivity contribution in [1.29, 1.82) is 0 Å². The highest BCUT2D eigenvalue weighted by Crippen LogP contribution is 2.27. The molecule has 20 heavy (non-hydrogen) atoms. The lowest BCUT2D eigenvalue weighted by atomic mass is 9.87. The molecule has 1 nitrogen and oxygen atoms in total. The average molecular weight is 273 g/mol. The number of rotatable bonds is 3. The van der Waals surface area contributed by atoms with Crippen LogP contribution in [-0.2, 0) is 0 Å². The fourth-order valence-corrected chi connectivity index (χ4v) is 3.15. The molecule has 1 aromatic rings. The highest BCUT2D eigenvalue weighted by molar-refractivity contribution is 5.48. The Hall–Kier alpha value is -0.980. The maximum atomic E-state index is 2.59. The molecule has 1 aromatic carbocycles. The minimum atomic E-state index is 0.678. The molecule has 1 saturated heterocycles. The van der Waals surface area contributed by atoms with Crippen LogP contribution in [-0.4, -0.2) is 13.1 Å². The van der Waals surface area contributed by atoms with Crippen LogP contribution in [0.4, 0.5) is 5.69 Å². The van der Waals surface area contributed by atoms with Gasteiger partial charge in [0.05, 0.1) is 0 Å². The van der Waals surface area contributed by atoms with Crippen molar-refractivity contribution in [3.63, 3.8) is 0 Å². The van der Waals surface area contributed by atoms with Crippen LogP contribution in [0.1, 0.15) is 64.9 Å². The quantitative estimate of drug-likeness (QED) is 0.706. The van der Waals surface area contributed by atoms with E-state index in [9.17, 15) is 0 Å². The number of benzene rings is 1. The van der Waals surface area contributed by atoms with Gasteiger partial charge in [0.1, 0.15) is 0 Å². The van der Waals surface area contributed by atoms with Crippen LogP contribution in [0, 0.1) is 11.8 Å². The first kappa shape index (κ1) is 15.4. The summed E-state index contributed by atoms with van der Waals surface area (Å²) < 4.78 is 0. The summed E-state index contributed by atoms with van der Waals surface area (Å²) in [4.78, 5) is 2.59. The zero-order valence-electron chi connectivity index (χ0n) is 13.7. The first-order chi connectivity index (χ1) is 9.61. The summed E-state index contributed by atoms with van der Waals surface area (Å²) in [6.07, 6.45) is 5.26. The minimum absolute atomic E-state index is 0.678. The average Bonchev–Trinajstić information content (AvgIpc) is 2.48. The van der Waals surface area contributed by atoms with Gasteiger partial charge >= 0.3 is 0 Å². The van der Waals surface area contributed by atoms with E-state index >= 15 is 0 Å². The predicted octanol–water partition coefficient (Wildman–Crippen LogP) is 5.46. The molecule has 1 aliphatic heterocycles. The van der Waals surface area contributed by atoms with Gasteiger partial charge in [-0.25, -0.2) is 0 Å². The second-order valence-electron chi connectivity index (χ2n) is 6.77. The van der Waals surface area contributed by atoms with Gasteiger partial charge in [0.15, 0.2) is 0 Å². The molecule has 0 amide bonds. The van der Waals surface area contributed by atoms with Crippen LogP contribution < -0.4 is 4.90 Å². The lowest BCUT2D eigenvalue weighted by molar-refractivity contribution is 0.322. The first-order valence-electron chi connectivity index (χ1n) is 8.46. The molecule has 112 valence electrons.